The van der Waals surface area contributed by atoms with E-state index in [1.54, 1.807) is 0 Å². The quantitative estimate of drug-likeness (QED) is 0.558. The Morgan fingerprint density at radius 2 is 1.89 bits per heavy atom. The summed E-state index contributed by atoms with van der Waals surface area (Å²) in [5.74, 6) is 0.674. The molecular formula is C7H18N2. The zero-order chi connectivity index (χ0) is 7.49. The van der Waals surface area contributed by atoms with Crippen LogP contribution < -0.4 is 11.1 Å². The van der Waals surface area contributed by atoms with Crippen LogP contribution in [0.5, 0.6) is 0 Å². The van der Waals surface area contributed by atoms with E-state index in [9.17, 15) is 0 Å². The van der Waals surface area contributed by atoms with Crippen molar-refractivity contribution >= 4 is 0 Å². The molecule has 0 aromatic rings. The highest BCUT2D eigenvalue weighted by Crippen LogP contribution is 1.93. The van der Waals surface area contributed by atoms with Crippen LogP contribution in [0.15, 0.2) is 0 Å². The van der Waals surface area contributed by atoms with Crippen LogP contribution in [0.2, 0.25) is 0 Å². The van der Waals surface area contributed by atoms with E-state index in [1.165, 1.54) is 0 Å². The monoisotopic (exact) mass is 130 g/mol. The second kappa shape index (κ2) is 3.18. The third-order valence-corrected chi connectivity index (χ3v) is 0.966. The fourth-order valence-corrected chi connectivity index (χ4v) is 0.467. The van der Waals surface area contributed by atoms with Gasteiger partial charge in [-0.1, -0.05) is 13.8 Å². The minimum Gasteiger partial charge on any atom is -0.314 e. The van der Waals surface area contributed by atoms with Crippen LogP contribution in [0.1, 0.15) is 27.7 Å². The Morgan fingerprint density at radius 1 is 1.44 bits per heavy atom. The highest BCUT2D eigenvalue weighted by molar-refractivity contribution is 4.68. The van der Waals surface area contributed by atoms with Crippen molar-refractivity contribution in [3.8, 4) is 0 Å². The molecule has 0 aromatic heterocycles. The van der Waals surface area contributed by atoms with E-state index in [0.717, 1.165) is 6.54 Å². The molecular weight excluding hydrogens is 112 g/mol. The molecule has 0 aromatic carbocycles. The first kappa shape index (κ1) is 8.92. The SMILES string of the molecule is CC(C)CNC(C)(C)N. The summed E-state index contributed by atoms with van der Waals surface area (Å²) in [4.78, 5) is 0. The Balaban J connectivity index is 3.28. The van der Waals surface area contributed by atoms with E-state index >= 15 is 0 Å². The number of hydrogen-bond acceptors (Lipinski definition) is 2. The van der Waals surface area contributed by atoms with E-state index in [-0.39, 0.29) is 5.66 Å². The van der Waals surface area contributed by atoms with Crippen LogP contribution in [0, 0.1) is 5.92 Å². The first-order valence-corrected chi connectivity index (χ1v) is 3.46. The van der Waals surface area contributed by atoms with Gasteiger partial charge in [-0.3, -0.25) is 5.32 Å². The highest BCUT2D eigenvalue weighted by Gasteiger charge is 2.08. The third-order valence-electron chi connectivity index (χ3n) is 0.966. The van der Waals surface area contributed by atoms with Crippen molar-refractivity contribution in [1.29, 1.82) is 0 Å². The largest absolute Gasteiger partial charge is 0.314 e. The maximum absolute atomic E-state index is 5.67. The van der Waals surface area contributed by atoms with E-state index in [1.807, 2.05) is 13.8 Å². The Hall–Kier alpha value is -0.0800. The normalized spacial score (nSPS) is 12.7. The average molecular weight is 130 g/mol. The Kier molecular flexibility index (Phi) is 3.15. The molecule has 0 saturated heterocycles. The molecule has 3 N–H and O–H groups in total. The molecule has 0 heterocycles. The molecule has 56 valence electrons. The lowest BCUT2D eigenvalue weighted by molar-refractivity contribution is 0.375. The Bertz CT molecular complexity index is 71.5. The summed E-state index contributed by atoms with van der Waals surface area (Å²) in [6.07, 6.45) is 0. The fraction of sp³-hybridized carbons (Fsp3) is 1.00. The summed E-state index contributed by atoms with van der Waals surface area (Å²) >= 11 is 0. The number of rotatable bonds is 3. The molecule has 0 aliphatic carbocycles. The summed E-state index contributed by atoms with van der Waals surface area (Å²) in [5, 5.41) is 3.20. The molecule has 0 atom stereocenters. The molecule has 2 nitrogen and oxygen atoms in total. The van der Waals surface area contributed by atoms with E-state index in [4.69, 9.17) is 5.73 Å². The summed E-state index contributed by atoms with van der Waals surface area (Å²) in [7, 11) is 0. The zero-order valence-corrected chi connectivity index (χ0v) is 6.86. The van der Waals surface area contributed by atoms with Crippen molar-refractivity contribution in [2.24, 2.45) is 11.7 Å². The molecule has 2 heteroatoms. The van der Waals surface area contributed by atoms with Crippen molar-refractivity contribution < 1.29 is 0 Å². The lowest BCUT2D eigenvalue weighted by Crippen LogP contribution is -2.49. The van der Waals surface area contributed by atoms with Gasteiger partial charge in [-0.05, 0) is 26.3 Å². The predicted molar refractivity (Wildman–Crippen MR) is 41.1 cm³/mol. The lowest BCUT2D eigenvalue weighted by atomic mass is 10.2. The van der Waals surface area contributed by atoms with Gasteiger partial charge >= 0.3 is 0 Å². The van der Waals surface area contributed by atoms with Gasteiger partial charge in [0, 0.05) is 0 Å². The van der Waals surface area contributed by atoms with Gasteiger partial charge in [-0.25, -0.2) is 0 Å². The minimum atomic E-state index is -0.218. The maximum atomic E-state index is 5.67. The molecule has 0 bridgehead atoms. The second-order valence-electron chi connectivity index (χ2n) is 3.50. The second-order valence-corrected chi connectivity index (χ2v) is 3.50. The van der Waals surface area contributed by atoms with E-state index < -0.39 is 0 Å². The van der Waals surface area contributed by atoms with Gasteiger partial charge in [0.05, 0.1) is 5.66 Å². The van der Waals surface area contributed by atoms with Gasteiger partial charge < -0.3 is 5.73 Å². The van der Waals surface area contributed by atoms with Crippen LogP contribution in [-0.2, 0) is 0 Å². The average Bonchev–Trinajstić information content (AvgIpc) is 1.59. The van der Waals surface area contributed by atoms with E-state index in [2.05, 4.69) is 19.2 Å². The number of hydrogen-bond donors (Lipinski definition) is 2. The third kappa shape index (κ3) is 7.92. The molecule has 0 aliphatic heterocycles. The molecule has 0 unspecified atom stereocenters. The van der Waals surface area contributed by atoms with Gasteiger partial charge in [0.25, 0.3) is 0 Å². The predicted octanol–water partition coefficient (Wildman–Crippen LogP) is 0.927. The Labute approximate surface area is 57.8 Å². The van der Waals surface area contributed by atoms with Crippen LogP contribution in [0.4, 0.5) is 0 Å². The molecule has 9 heavy (non-hydrogen) atoms. The molecule has 0 amide bonds. The first-order chi connectivity index (χ1) is 3.92. The minimum absolute atomic E-state index is 0.218. The molecule has 0 radical (unpaired) electrons. The first-order valence-electron chi connectivity index (χ1n) is 3.46. The van der Waals surface area contributed by atoms with Crippen LogP contribution in [-0.4, -0.2) is 12.2 Å². The molecule has 0 aliphatic rings. The lowest BCUT2D eigenvalue weighted by Gasteiger charge is -2.21. The molecule has 0 spiro atoms. The standard InChI is InChI=1S/C7H18N2/c1-6(2)5-9-7(3,4)8/h6,9H,5,8H2,1-4H3. The smallest absolute Gasteiger partial charge is 0.0603 e. The van der Waals surface area contributed by atoms with Crippen LogP contribution >= 0.6 is 0 Å². The summed E-state index contributed by atoms with van der Waals surface area (Å²) < 4.78 is 0. The zero-order valence-electron chi connectivity index (χ0n) is 6.86. The van der Waals surface area contributed by atoms with Gasteiger partial charge in [0.1, 0.15) is 0 Å². The fourth-order valence-electron chi connectivity index (χ4n) is 0.467. The van der Waals surface area contributed by atoms with Crippen molar-refractivity contribution in [2.75, 3.05) is 6.54 Å². The summed E-state index contributed by atoms with van der Waals surface area (Å²) in [6.45, 7) is 9.26. The summed E-state index contributed by atoms with van der Waals surface area (Å²) in [6, 6.07) is 0. The van der Waals surface area contributed by atoms with Gasteiger partial charge in [-0.2, -0.15) is 0 Å². The van der Waals surface area contributed by atoms with E-state index in [0.29, 0.717) is 5.92 Å². The molecule has 0 saturated carbocycles. The number of nitrogens with one attached hydrogen (secondary N) is 1. The van der Waals surface area contributed by atoms with Crippen molar-refractivity contribution in [3.05, 3.63) is 0 Å². The highest BCUT2D eigenvalue weighted by atomic mass is 15.1. The van der Waals surface area contributed by atoms with Crippen LogP contribution in [0.25, 0.3) is 0 Å². The summed E-state index contributed by atoms with van der Waals surface area (Å²) in [5.41, 5.74) is 5.45. The topological polar surface area (TPSA) is 38.0 Å². The van der Waals surface area contributed by atoms with Crippen molar-refractivity contribution in [1.82, 2.24) is 5.32 Å². The molecule has 0 fully saturated rings. The van der Waals surface area contributed by atoms with Crippen molar-refractivity contribution in [3.63, 3.8) is 0 Å². The Morgan fingerprint density at radius 3 is 2.00 bits per heavy atom. The van der Waals surface area contributed by atoms with Gasteiger partial charge in [0.2, 0.25) is 0 Å². The van der Waals surface area contributed by atoms with Crippen molar-refractivity contribution in [2.45, 2.75) is 33.4 Å². The van der Waals surface area contributed by atoms with Gasteiger partial charge in [-0.15, -0.1) is 0 Å². The maximum Gasteiger partial charge on any atom is 0.0603 e. The molecule has 0 rings (SSSR count). The van der Waals surface area contributed by atoms with Crippen LogP contribution in [0.3, 0.4) is 0 Å². The van der Waals surface area contributed by atoms with Gasteiger partial charge in [0.15, 0.2) is 0 Å². The number of nitrogens with two attached hydrogens (primary N) is 1.